The van der Waals surface area contributed by atoms with Crippen LogP contribution in [-0.4, -0.2) is 10.5 Å². The number of rotatable bonds is 2. The van der Waals surface area contributed by atoms with E-state index in [0.717, 1.165) is 17.8 Å². The summed E-state index contributed by atoms with van der Waals surface area (Å²) in [7, 11) is 0. The third kappa shape index (κ3) is 2.20. The first-order chi connectivity index (χ1) is 9.53. The van der Waals surface area contributed by atoms with Crippen LogP contribution in [-0.2, 0) is 0 Å². The molecule has 20 heavy (non-hydrogen) atoms. The molecule has 5 heteroatoms. The predicted octanol–water partition coefficient (Wildman–Crippen LogP) is 5.42. The van der Waals surface area contributed by atoms with Crippen molar-refractivity contribution in [2.45, 2.75) is 44.1 Å². The molecule has 4 saturated carbocycles. The molecule has 0 amide bonds. The molecule has 1 aromatic heterocycles. The van der Waals surface area contributed by atoms with Crippen molar-refractivity contribution in [3.05, 3.63) is 21.3 Å². The first-order valence-corrected chi connectivity index (χ1v) is 8.46. The van der Waals surface area contributed by atoms with Crippen molar-refractivity contribution in [2.24, 2.45) is 17.8 Å². The number of hydrogen-bond acceptors (Lipinski definition) is 2. The number of nitrogens with one attached hydrogen (secondary N) is 1. The largest absolute Gasteiger partial charge is 0.363 e. The van der Waals surface area contributed by atoms with Gasteiger partial charge in [0.1, 0.15) is 11.0 Å². The molecule has 1 aromatic rings. The van der Waals surface area contributed by atoms with Gasteiger partial charge >= 0.3 is 0 Å². The summed E-state index contributed by atoms with van der Waals surface area (Å²) in [6.45, 7) is 0. The van der Waals surface area contributed by atoms with Gasteiger partial charge in [-0.05, 0) is 62.3 Å². The molecule has 0 saturated heterocycles. The van der Waals surface area contributed by atoms with Crippen molar-refractivity contribution in [1.82, 2.24) is 4.98 Å². The molecule has 0 radical (unpaired) electrons. The van der Waals surface area contributed by atoms with Gasteiger partial charge in [-0.1, -0.05) is 34.8 Å². The molecule has 108 valence electrons. The average Bonchev–Trinajstić information content (AvgIpc) is 2.34. The smallest absolute Gasteiger partial charge is 0.150 e. The van der Waals surface area contributed by atoms with E-state index in [9.17, 15) is 0 Å². The van der Waals surface area contributed by atoms with Crippen LogP contribution in [0.2, 0.25) is 15.2 Å². The molecule has 1 heterocycles. The molecule has 0 atom stereocenters. The Morgan fingerprint density at radius 1 is 0.950 bits per heavy atom. The summed E-state index contributed by atoms with van der Waals surface area (Å²) in [5.74, 6) is 3.35. The van der Waals surface area contributed by atoms with E-state index < -0.39 is 0 Å². The van der Waals surface area contributed by atoms with E-state index in [1.807, 2.05) is 0 Å². The molecule has 4 bridgehead atoms. The second kappa shape index (κ2) is 4.66. The highest BCUT2D eigenvalue weighted by Crippen LogP contribution is 2.56. The van der Waals surface area contributed by atoms with E-state index in [1.54, 1.807) is 6.07 Å². The molecule has 5 rings (SSSR count). The number of halogens is 3. The third-order valence-corrected chi connectivity index (χ3v) is 6.27. The molecule has 0 aliphatic heterocycles. The van der Waals surface area contributed by atoms with Crippen molar-refractivity contribution in [3.8, 4) is 0 Å². The predicted molar refractivity (Wildman–Crippen MR) is 83.8 cm³/mol. The van der Waals surface area contributed by atoms with E-state index in [4.69, 9.17) is 34.8 Å². The summed E-state index contributed by atoms with van der Waals surface area (Å²) in [5.41, 5.74) is 0.183. The monoisotopic (exact) mass is 330 g/mol. The Morgan fingerprint density at radius 2 is 1.50 bits per heavy atom. The van der Waals surface area contributed by atoms with Gasteiger partial charge in [0.2, 0.25) is 0 Å². The molecule has 0 unspecified atom stereocenters. The quantitative estimate of drug-likeness (QED) is 0.732. The minimum absolute atomic E-state index is 0.183. The third-order valence-electron chi connectivity index (χ3n) is 5.31. The lowest BCUT2D eigenvalue weighted by Gasteiger charge is -2.57. The van der Waals surface area contributed by atoms with E-state index in [1.165, 1.54) is 38.5 Å². The number of nitrogens with zero attached hydrogens (tertiary/aromatic N) is 1. The zero-order valence-corrected chi connectivity index (χ0v) is 13.4. The van der Waals surface area contributed by atoms with Crippen LogP contribution in [0.4, 0.5) is 5.82 Å². The SMILES string of the molecule is Clc1cc(Cl)c(NC23CC4CC(CC(C4)C2)C3)nc1Cl. The van der Waals surface area contributed by atoms with Gasteiger partial charge in [-0.3, -0.25) is 0 Å². The number of aromatic nitrogens is 1. The standard InChI is InChI=1S/C15H17Cl3N2/c16-11-4-12(17)14(19-13(11)18)20-15-5-8-1-9(6-15)3-10(2-8)7-15/h4,8-10H,1-3,5-7H2,(H,19,20). The molecule has 4 fully saturated rings. The van der Waals surface area contributed by atoms with Crippen molar-refractivity contribution in [3.63, 3.8) is 0 Å². The lowest BCUT2D eigenvalue weighted by Crippen LogP contribution is -2.54. The highest BCUT2D eigenvalue weighted by atomic mass is 35.5. The highest BCUT2D eigenvalue weighted by Gasteiger charge is 2.51. The number of anilines is 1. The maximum atomic E-state index is 6.27. The van der Waals surface area contributed by atoms with Crippen LogP contribution in [0.1, 0.15) is 38.5 Å². The Bertz CT molecular complexity index is 523. The molecule has 0 spiro atoms. The second-order valence-electron chi connectivity index (χ2n) is 6.91. The van der Waals surface area contributed by atoms with E-state index in [-0.39, 0.29) is 5.54 Å². The van der Waals surface area contributed by atoms with Crippen LogP contribution in [0.25, 0.3) is 0 Å². The van der Waals surface area contributed by atoms with Crippen LogP contribution in [0.3, 0.4) is 0 Å². The fraction of sp³-hybridized carbons (Fsp3) is 0.667. The minimum Gasteiger partial charge on any atom is -0.363 e. The molecule has 0 aromatic carbocycles. The molecule has 4 aliphatic rings. The fourth-order valence-corrected chi connectivity index (χ4v) is 5.59. The Morgan fingerprint density at radius 3 is 2.05 bits per heavy atom. The summed E-state index contributed by atoms with van der Waals surface area (Å²) in [5, 5.41) is 4.93. The Labute approximate surface area is 134 Å². The van der Waals surface area contributed by atoms with Crippen LogP contribution >= 0.6 is 34.8 Å². The lowest BCUT2D eigenvalue weighted by molar-refractivity contribution is 0.0105. The first-order valence-electron chi connectivity index (χ1n) is 7.33. The zero-order chi connectivity index (χ0) is 13.9. The Kier molecular flexibility index (Phi) is 3.14. The normalized spacial score (nSPS) is 38.2. The fourth-order valence-electron chi connectivity index (χ4n) is 5.05. The van der Waals surface area contributed by atoms with Crippen molar-refractivity contribution >= 4 is 40.6 Å². The van der Waals surface area contributed by atoms with Crippen LogP contribution < -0.4 is 5.32 Å². The molecular formula is C15H17Cl3N2. The van der Waals surface area contributed by atoms with Crippen molar-refractivity contribution in [2.75, 3.05) is 5.32 Å². The maximum absolute atomic E-state index is 6.27. The van der Waals surface area contributed by atoms with Gasteiger partial charge < -0.3 is 5.32 Å². The Hall–Kier alpha value is -0.180. The molecule has 1 N–H and O–H groups in total. The first kappa shape index (κ1) is 13.5. The zero-order valence-electron chi connectivity index (χ0n) is 11.1. The van der Waals surface area contributed by atoms with Gasteiger partial charge in [-0.15, -0.1) is 0 Å². The lowest BCUT2D eigenvalue weighted by atomic mass is 9.53. The molecule has 2 nitrogen and oxygen atoms in total. The van der Waals surface area contributed by atoms with Gasteiger partial charge in [-0.25, -0.2) is 4.98 Å². The van der Waals surface area contributed by atoms with Crippen molar-refractivity contribution in [1.29, 1.82) is 0 Å². The maximum Gasteiger partial charge on any atom is 0.150 e. The molecule has 4 aliphatic carbocycles. The van der Waals surface area contributed by atoms with Crippen molar-refractivity contribution < 1.29 is 0 Å². The highest BCUT2D eigenvalue weighted by molar-refractivity contribution is 6.42. The number of pyridine rings is 1. The van der Waals surface area contributed by atoms with Gasteiger partial charge in [-0.2, -0.15) is 0 Å². The topological polar surface area (TPSA) is 24.9 Å². The summed E-state index contributed by atoms with van der Waals surface area (Å²) < 4.78 is 0. The second-order valence-corrected chi connectivity index (χ2v) is 8.09. The van der Waals surface area contributed by atoms with Gasteiger partial charge in [0.15, 0.2) is 0 Å². The summed E-state index contributed by atoms with van der Waals surface area (Å²) >= 11 is 18.3. The van der Waals surface area contributed by atoms with E-state index in [0.29, 0.717) is 21.0 Å². The van der Waals surface area contributed by atoms with Gasteiger partial charge in [0, 0.05) is 5.54 Å². The van der Waals surface area contributed by atoms with Gasteiger partial charge in [0.25, 0.3) is 0 Å². The average molecular weight is 332 g/mol. The van der Waals surface area contributed by atoms with Gasteiger partial charge in [0.05, 0.1) is 10.0 Å². The minimum atomic E-state index is 0.183. The van der Waals surface area contributed by atoms with Crippen LogP contribution in [0.15, 0.2) is 6.07 Å². The van der Waals surface area contributed by atoms with E-state index in [2.05, 4.69) is 10.3 Å². The van der Waals surface area contributed by atoms with Crippen LogP contribution in [0, 0.1) is 17.8 Å². The van der Waals surface area contributed by atoms with E-state index >= 15 is 0 Å². The molecular weight excluding hydrogens is 315 g/mol. The Balaban J connectivity index is 1.64. The van der Waals surface area contributed by atoms with Crippen LogP contribution in [0.5, 0.6) is 0 Å². The number of hydrogen-bond donors (Lipinski definition) is 1. The summed E-state index contributed by atoms with van der Waals surface area (Å²) in [4.78, 5) is 4.34. The summed E-state index contributed by atoms with van der Waals surface area (Å²) in [6, 6.07) is 1.68. The summed E-state index contributed by atoms with van der Waals surface area (Å²) in [6.07, 6.45) is 8.00.